The van der Waals surface area contributed by atoms with E-state index >= 15 is 0 Å². The fourth-order valence-electron chi connectivity index (χ4n) is 2.92. The molecule has 3 aromatic rings. The fourth-order valence-corrected chi connectivity index (χ4v) is 2.92. The van der Waals surface area contributed by atoms with E-state index in [2.05, 4.69) is 22.5 Å². The van der Waals surface area contributed by atoms with Crippen molar-refractivity contribution in [3.8, 4) is 22.6 Å². The van der Waals surface area contributed by atoms with E-state index in [1.54, 1.807) is 0 Å². The van der Waals surface area contributed by atoms with Crippen molar-refractivity contribution in [2.75, 3.05) is 19.8 Å². The number of aliphatic carboxylic acids is 2. The van der Waals surface area contributed by atoms with Crippen LogP contribution in [-0.4, -0.2) is 68.9 Å². The van der Waals surface area contributed by atoms with Gasteiger partial charge >= 0.3 is 11.9 Å². The second-order valence-electron chi connectivity index (χ2n) is 8.22. The van der Waals surface area contributed by atoms with Gasteiger partial charge < -0.3 is 30.1 Å². The monoisotopic (exact) mass is 511 g/mol. The Hall–Kier alpha value is -4.15. The zero-order chi connectivity index (χ0) is 27.0. The maximum atomic E-state index is 9.89. The van der Waals surface area contributed by atoms with E-state index in [0.717, 1.165) is 16.9 Å². The Kier molecular flexibility index (Phi) is 12.4. The molecule has 0 aliphatic heterocycles. The minimum absolute atomic E-state index is 0.253. The maximum Gasteiger partial charge on any atom is 0.328 e. The summed E-state index contributed by atoms with van der Waals surface area (Å²) < 4.78 is 13.3. The molecule has 1 unspecified atom stereocenters. The van der Waals surface area contributed by atoms with Crippen molar-refractivity contribution in [3.63, 3.8) is 0 Å². The number of benzene rings is 2. The molecule has 10 heteroatoms. The second-order valence-corrected chi connectivity index (χ2v) is 8.22. The molecular formula is C27H33N3O7. The first-order valence-corrected chi connectivity index (χ1v) is 11.7. The molecule has 198 valence electrons. The van der Waals surface area contributed by atoms with Gasteiger partial charge in [-0.15, -0.1) is 0 Å². The molecule has 1 aromatic heterocycles. The lowest BCUT2D eigenvalue weighted by Crippen LogP contribution is -2.35. The van der Waals surface area contributed by atoms with Crippen LogP contribution in [0.15, 0.2) is 79.1 Å². The Balaban J connectivity index is 0.000000521. The Morgan fingerprint density at radius 2 is 1.54 bits per heavy atom. The SMILES string of the molecule is CC(C)NCC(O)COc1ccc(OCCn2cc(-c3ccccc3)cn2)cc1.O=C(O)C=CC(=O)O. The van der Waals surface area contributed by atoms with Crippen molar-refractivity contribution >= 4 is 11.9 Å². The number of ether oxygens (including phenoxy) is 2. The molecule has 0 saturated heterocycles. The smallest absolute Gasteiger partial charge is 0.328 e. The minimum Gasteiger partial charge on any atom is -0.492 e. The third-order valence-corrected chi connectivity index (χ3v) is 4.73. The van der Waals surface area contributed by atoms with E-state index in [9.17, 15) is 14.7 Å². The van der Waals surface area contributed by atoms with Crippen LogP contribution in [0.2, 0.25) is 0 Å². The van der Waals surface area contributed by atoms with Gasteiger partial charge in [0.2, 0.25) is 0 Å². The quantitative estimate of drug-likeness (QED) is 0.255. The van der Waals surface area contributed by atoms with E-state index in [4.69, 9.17) is 19.7 Å². The number of nitrogens with one attached hydrogen (secondary N) is 1. The van der Waals surface area contributed by atoms with Gasteiger partial charge in [0.25, 0.3) is 0 Å². The number of aliphatic hydroxyl groups is 1. The van der Waals surface area contributed by atoms with Crippen molar-refractivity contribution < 1.29 is 34.4 Å². The Bertz CT molecular complexity index is 1100. The lowest BCUT2D eigenvalue weighted by molar-refractivity contribution is -0.134. The topological polar surface area (TPSA) is 143 Å². The average Bonchev–Trinajstić information content (AvgIpc) is 3.35. The lowest BCUT2D eigenvalue weighted by atomic mass is 10.1. The first-order valence-electron chi connectivity index (χ1n) is 11.7. The number of aromatic nitrogens is 2. The number of hydrogen-bond donors (Lipinski definition) is 4. The molecule has 0 spiro atoms. The molecule has 0 bridgehead atoms. The predicted octanol–water partition coefficient (Wildman–Crippen LogP) is 3.08. The second kappa shape index (κ2) is 15.8. The zero-order valence-corrected chi connectivity index (χ0v) is 20.9. The van der Waals surface area contributed by atoms with Gasteiger partial charge in [0.05, 0.1) is 12.7 Å². The maximum absolute atomic E-state index is 9.89. The summed E-state index contributed by atoms with van der Waals surface area (Å²) in [7, 11) is 0. The van der Waals surface area contributed by atoms with Crippen LogP contribution >= 0.6 is 0 Å². The minimum atomic E-state index is -1.26. The van der Waals surface area contributed by atoms with Gasteiger partial charge in [-0.25, -0.2) is 9.59 Å². The number of rotatable bonds is 13. The van der Waals surface area contributed by atoms with Crippen molar-refractivity contribution in [1.82, 2.24) is 15.1 Å². The Morgan fingerprint density at radius 1 is 0.946 bits per heavy atom. The molecule has 0 saturated carbocycles. The molecule has 0 aliphatic carbocycles. The first kappa shape index (κ1) is 29.1. The lowest BCUT2D eigenvalue weighted by Gasteiger charge is -2.15. The molecule has 10 nitrogen and oxygen atoms in total. The van der Waals surface area contributed by atoms with E-state index in [1.807, 2.05) is 73.4 Å². The summed E-state index contributed by atoms with van der Waals surface area (Å²) in [6, 6.07) is 18.0. The van der Waals surface area contributed by atoms with Gasteiger partial charge in [-0.05, 0) is 29.8 Å². The van der Waals surface area contributed by atoms with Crippen LogP contribution in [-0.2, 0) is 16.1 Å². The van der Waals surface area contributed by atoms with Crippen molar-refractivity contribution in [3.05, 3.63) is 79.1 Å². The standard InChI is InChI=1S/C23H29N3O3.C4H4O4/c1-18(2)24-15-21(27)17-29-23-10-8-22(9-11-23)28-13-12-26-16-20(14-25-26)19-6-4-3-5-7-19;5-3(6)1-2-4(7)8/h3-11,14,16,18,21,24,27H,12-13,15,17H2,1-2H3;1-2H,(H,5,6)(H,7,8). The van der Waals surface area contributed by atoms with Crippen LogP contribution in [0.5, 0.6) is 11.5 Å². The molecule has 2 aromatic carbocycles. The van der Waals surface area contributed by atoms with E-state index in [-0.39, 0.29) is 6.61 Å². The van der Waals surface area contributed by atoms with Crippen LogP contribution in [0.1, 0.15) is 13.8 Å². The predicted molar refractivity (Wildman–Crippen MR) is 139 cm³/mol. The normalized spacial score (nSPS) is 11.6. The Morgan fingerprint density at radius 3 is 2.11 bits per heavy atom. The van der Waals surface area contributed by atoms with Gasteiger partial charge in [0.1, 0.15) is 30.8 Å². The zero-order valence-electron chi connectivity index (χ0n) is 20.9. The third-order valence-electron chi connectivity index (χ3n) is 4.73. The molecule has 1 heterocycles. The number of hydrogen-bond acceptors (Lipinski definition) is 7. The molecule has 1 atom stereocenters. The molecule has 0 amide bonds. The number of carboxylic acids is 2. The largest absolute Gasteiger partial charge is 0.492 e. The Labute approximate surface area is 215 Å². The van der Waals surface area contributed by atoms with Crippen LogP contribution in [0.25, 0.3) is 11.1 Å². The highest BCUT2D eigenvalue weighted by Gasteiger charge is 2.06. The van der Waals surface area contributed by atoms with Crippen molar-refractivity contribution in [1.29, 1.82) is 0 Å². The summed E-state index contributed by atoms with van der Waals surface area (Å²) in [5, 5.41) is 33.1. The molecule has 0 radical (unpaired) electrons. The average molecular weight is 512 g/mol. The summed E-state index contributed by atoms with van der Waals surface area (Å²) in [5.41, 5.74) is 2.25. The molecule has 0 fully saturated rings. The molecule has 0 aliphatic rings. The molecular weight excluding hydrogens is 478 g/mol. The highest BCUT2D eigenvalue weighted by Crippen LogP contribution is 2.19. The van der Waals surface area contributed by atoms with Gasteiger partial charge in [0.15, 0.2) is 0 Å². The number of carboxylic acid groups (broad SMARTS) is 2. The van der Waals surface area contributed by atoms with Crippen LogP contribution in [0.4, 0.5) is 0 Å². The summed E-state index contributed by atoms with van der Waals surface area (Å²) >= 11 is 0. The number of aliphatic hydroxyl groups excluding tert-OH is 1. The number of carbonyl (C=O) groups is 2. The number of nitrogens with zero attached hydrogens (tertiary/aromatic N) is 2. The highest BCUT2D eigenvalue weighted by atomic mass is 16.5. The fraction of sp³-hybridized carbons (Fsp3) is 0.296. The van der Waals surface area contributed by atoms with Crippen LogP contribution in [0, 0.1) is 0 Å². The summed E-state index contributed by atoms with van der Waals surface area (Å²) in [5.74, 6) is -1.03. The van der Waals surface area contributed by atoms with Gasteiger partial charge in [-0.1, -0.05) is 44.2 Å². The van der Waals surface area contributed by atoms with Gasteiger partial charge in [-0.3, -0.25) is 4.68 Å². The molecule has 4 N–H and O–H groups in total. The summed E-state index contributed by atoms with van der Waals surface area (Å²) in [6.07, 6.45) is 4.47. The molecule has 37 heavy (non-hydrogen) atoms. The first-order chi connectivity index (χ1) is 17.7. The van der Waals surface area contributed by atoms with Crippen LogP contribution < -0.4 is 14.8 Å². The van der Waals surface area contributed by atoms with Crippen LogP contribution in [0.3, 0.4) is 0 Å². The third kappa shape index (κ3) is 12.4. The van der Waals surface area contributed by atoms with E-state index < -0.39 is 18.0 Å². The van der Waals surface area contributed by atoms with Gasteiger partial charge in [-0.2, -0.15) is 5.10 Å². The summed E-state index contributed by atoms with van der Waals surface area (Å²) in [4.78, 5) is 19.1. The van der Waals surface area contributed by atoms with Crippen molar-refractivity contribution in [2.24, 2.45) is 0 Å². The summed E-state index contributed by atoms with van der Waals surface area (Å²) in [6.45, 7) is 6.04. The van der Waals surface area contributed by atoms with Gasteiger partial charge in [0, 0.05) is 36.5 Å². The van der Waals surface area contributed by atoms with Crippen molar-refractivity contribution in [2.45, 2.75) is 32.5 Å². The van der Waals surface area contributed by atoms with E-state index in [1.165, 1.54) is 0 Å². The molecule has 3 rings (SSSR count). The highest BCUT2D eigenvalue weighted by molar-refractivity contribution is 5.89. The van der Waals surface area contributed by atoms with E-state index in [0.29, 0.717) is 43.6 Å².